The van der Waals surface area contributed by atoms with Crippen molar-refractivity contribution in [3.05, 3.63) is 39.8 Å². The molecule has 20 heavy (non-hydrogen) atoms. The number of rotatable bonds is 2. The molecule has 4 rings (SSSR count). The molecule has 2 atom stereocenters. The van der Waals surface area contributed by atoms with Crippen LogP contribution in [-0.4, -0.2) is 10.2 Å². The van der Waals surface area contributed by atoms with E-state index in [-0.39, 0.29) is 5.56 Å². The molecule has 4 heteroatoms. The van der Waals surface area contributed by atoms with E-state index in [9.17, 15) is 4.79 Å². The summed E-state index contributed by atoms with van der Waals surface area (Å²) in [6.07, 6.45) is 4.48. The highest BCUT2D eigenvalue weighted by Gasteiger charge is 2.34. The number of aromatic nitrogens is 2. The Morgan fingerprint density at radius 2 is 2.25 bits per heavy atom. The van der Waals surface area contributed by atoms with Gasteiger partial charge in [-0.05, 0) is 30.9 Å². The van der Waals surface area contributed by atoms with Crippen LogP contribution in [-0.2, 0) is 6.42 Å². The standard InChI is InChI=1S/C16H17N3O/c1-2-4-9-7-12-15-13(8-9)18-19-16(20)10-5-3-6-11(17-12)14(10)15/h3,5-6,9,12,17H,2,4,7-8H2,1H3. The molecule has 2 aromatic rings. The summed E-state index contributed by atoms with van der Waals surface area (Å²) in [6.45, 7) is 2.22. The zero-order chi connectivity index (χ0) is 13.7. The van der Waals surface area contributed by atoms with Crippen molar-refractivity contribution in [3.63, 3.8) is 0 Å². The highest BCUT2D eigenvalue weighted by atomic mass is 16.1. The van der Waals surface area contributed by atoms with Gasteiger partial charge in [-0.3, -0.25) is 4.79 Å². The molecule has 0 amide bonds. The molecule has 2 unspecified atom stereocenters. The second-order valence-corrected chi connectivity index (χ2v) is 5.89. The van der Waals surface area contributed by atoms with E-state index in [1.165, 1.54) is 18.4 Å². The molecule has 2 aliphatic rings. The van der Waals surface area contributed by atoms with Crippen LogP contribution in [0.4, 0.5) is 5.69 Å². The molecule has 2 heterocycles. The summed E-state index contributed by atoms with van der Waals surface area (Å²) in [4.78, 5) is 12.1. The van der Waals surface area contributed by atoms with Crippen LogP contribution in [0.15, 0.2) is 23.0 Å². The predicted octanol–water partition coefficient (Wildman–Crippen LogP) is 2.82. The van der Waals surface area contributed by atoms with Crippen molar-refractivity contribution >= 4 is 16.5 Å². The van der Waals surface area contributed by atoms with Crippen LogP contribution in [0.5, 0.6) is 0 Å². The average Bonchev–Trinajstić information content (AvgIpc) is 2.75. The number of hydrogen-bond donors (Lipinski definition) is 1. The van der Waals surface area contributed by atoms with Crippen molar-refractivity contribution in [2.75, 3.05) is 5.32 Å². The summed E-state index contributed by atoms with van der Waals surface area (Å²) in [7, 11) is 0. The van der Waals surface area contributed by atoms with Gasteiger partial charge in [-0.15, -0.1) is 5.10 Å². The molecule has 1 N–H and O–H groups in total. The fourth-order valence-corrected chi connectivity index (χ4v) is 3.78. The summed E-state index contributed by atoms with van der Waals surface area (Å²) >= 11 is 0. The van der Waals surface area contributed by atoms with Gasteiger partial charge in [-0.1, -0.05) is 25.8 Å². The summed E-state index contributed by atoms with van der Waals surface area (Å²) in [5.41, 5.74) is 3.09. The molecule has 0 spiro atoms. The average molecular weight is 267 g/mol. The topological polar surface area (TPSA) is 54.9 Å². The molecular weight excluding hydrogens is 250 g/mol. The fraction of sp³-hybridized carbons (Fsp3) is 0.438. The van der Waals surface area contributed by atoms with Crippen molar-refractivity contribution in [1.82, 2.24) is 10.2 Å². The van der Waals surface area contributed by atoms with Gasteiger partial charge in [0.15, 0.2) is 0 Å². The summed E-state index contributed by atoms with van der Waals surface area (Å²) < 4.78 is 0. The van der Waals surface area contributed by atoms with Crippen LogP contribution in [0.25, 0.3) is 10.8 Å². The Bertz CT molecular complexity index is 756. The minimum absolute atomic E-state index is 0.217. The van der Waals surface area contributed by atoms with Crippen molar-refractivity contribution in [2.45, 2.75) is 38.6 Å². The van der Waals surface area contributed by atoms with Crippen molar-refractivity contribution in [2.24, 2.45) is 5.92 Å². The molecule has 4 nitrogen and oxygen atoms in total. The number of anilines is 1. The van der Waals surface area contributed by atoms with Gasteiger partial charge < -0.3 is 5.32 Å². The van der Waals surface area contributed by atoms with Crippen molar-refractivity contribution < 1.29 is 0 Å². The Morgan fingerprint density at radius 1 is 1.35 bits per heavy atom. The molecule has 0 saturated heterocycles. The van der Waals surface area contributed by atoms with Crippen LogP contribution in [0, 0.1) is 5.92 Å². The highest BCUT2D eigenvalue weighted by Crippen LogP contribution is 2.45. The third-order valence-corrected chi connectivity index (χ3v) is 4.56. The molecule has 1 aliphatic carbocycles. The summed E-state index contributed by atoms with van der Waals surface area (Å²) in [5.74, 6) is 0.640. The van der Waals surface area contributed by atoms with E-state index >= 15 is 0 Å². The number of nitrogens with zero attached hydrogens (tertiary/aromatic N) is 2. The van der Waals surface area contributed by atoms with Gasteiger partial charge in [0.1, 0.15) is 0 Å². The Balaban J connectivity index is 2.00. The second-order valence-electron chi connectivity index (χ2n) is 5.89. The van der Waals surface area contributed by atoms with Gasteiger partial charge in [0.25, 0.3) is 5.56 Å². The maximum Gasteiger partial charge on any atom is 0.296 e. The van der Waals surface area contributed by atoms with Gasteiger partial charge in [0, 0.05) is 16.6 Å². The molecule has 0 fully saturated rings. The lowest BCUT2D eigenvalue weighted by Crippen LogP contribution is -2.21. The van der Waals surface area contributed by atoms with Gasteiger partial charge in [0.05, 0.1) is 17.1 Å². The number of benzene rings is 1. The Hall–Kier alpha value is -1.97. The van der Waals surface area contributed by atoms with Crippen LogP contribution < -0.4 is 10.9 Å². The van der Waals surface area contributed by atoms with E-state index in [2.05, 4.69) is 28.5 Å². The van der Waals surface area contributed by atoms with E-state index < -0.39 is 0 Å². The maximum absolute atomic E-state index is 12.1. The third-order valence-electron chi connectivity index (χ3n) is 4.56. The third kappa shape index (κ3) is 1.57. The lowest BCUT2D eigenvalue weighted by Gasteiger charge is -2.27. The van der Waals surface area contributed by atoms with E-state index in [0.29, 0.717) is 17.3 Å². The van der Waals surface area contributed by atoms with Crippen molar-refractivity contribution in [3.8, 4) is 0 Å². The van der Waals surface area contributed by atoms with E-state index in [1.807, 2.05) is 12.1 Å². The predicted molar refractivity (Wildman–Crippen MR) is 78.9 cm³/mol. The number of hydrogen-bond acceptors (Lipinski definition) is 4. The Morgan fingerprint density at radius 3 is 3.10 bits per heavy atom. The lowest BCUT2D eigenvalue weighted by atomic mass is 9.81. The van der Waals surface area contributed by atoms with Gasteiger partial charge >= 0.3 is 0 Å². The number of nitrogens with one attached hydrogen (secondary N) is 1. The minimum atomic E-state index is -0.217. The molecule has 1 aromatic heterocycles. The molecule has 0 saturated carbocycles. The largest absolute Gasteiger partial charge is 0.378 e. The molecule has 102 valence electrons. The first-order chi connectivity index (χ1) is 9.78. The maximum atomic E-state index is 12.1. The monoisotopic (exact) mass is 267 g/mol. The zero-order valence-corrected chi connectivity index (χ0v) is 11.5. The first-order valence-corrected chi connectivity index (χ1v) is 7.37. The van der Waals surface area contributed by atoms with Gasteiger partial charge in [0.2, 0.25) is 0 Å². The molecule has 0 radical (unpaired) electrons. The first-order valence-electron chi connectivity index (χ1n) is 7.37. The Labute approximate surface area is 117 Å². The summed E-state index contributed by atoms with van der Waals surface area (Å²) in [5, 5.41) is 13.5. The van der Waals surface area contributed by atoms with Crippen LogP contribution in [0.3, 0.4) is 0 Å². The van der Waals surface area contributed by atoms with Crippen LogP contribution >= 0.6 is 0 Å². The minimum Gasteiger partial charge on any atom is -0.378 e. The zero-order valence-electron chi connectivity index (χ0n) is 11.5. The summed E-state index contributed by atoms with van der Waals surface area (Å²) in [6, 6.07) is 6.13. The van der Waals surface area contributed by atoms with E-state index in [1.54, 1.807) is 0 Å². The fourth-order valence-electron chi connectivity index (χ4n) is 3.78. The lowest BCUT2D eigenvalue weighted by molar-refractivity contribution is 0.389. The van der Waals surface area contributed by atoms with Crippen LogP contribution in [0.2, 0.25) is 0 Å². The molecular formula is C16H17N3O. The first kappa shape index (κ1) is 11.8. The normalized spacial score (nSPS) is 22.9. The van der Waals surface area contributed by atoms with E-state index in [0.717, 1.165) is 29.6 Å². The smallest absolute Gasteiger partial charge is 0.296 e. The van der Waals surface area contributed by atoms with Gasteiger partial charge in [-0.2, -0.15) is 5.10 Å². The van der Waals surface area contributed by atoms with E-state index in [4.69, 9.17) is 0 Å². The quantitative estimate of drug-likeness (QED) is 0.909. The van der Waals surface area contributed by atoms with Crippen molar-refractivity contribution in [1.29, 1.82) is 0 Å². The van der Waals surface area contributed by atoms with Crippen LogP contribution in [0.1, 0.15) is 43.5 Å². The SMILES string of the molecule is CCCC1Cc2nnc(=O)c3cccc4c3c2C(C1)N4. The second kappa shape index (κ2) is 4.27. The highest BCUT2D eigenvalue weighted by molar-refractivity contribution is 5.99. The Kier molecular flexibility index (Phi) is 2.52. The molecule has 1 aromatic carbocycles. The molecule has 0 bridgehead atoms. The van der Waals surface area contributed by atoms with Gasteiger partial charge in [-0.25, -0.2) is 0 Å². The molecule has 1 aliphatic heterocycles.